The van der Waals surface area contributed by atoms with Gasteiger partial charge in [0.05, 0.1) is 22.5 Å². The zero-order valence-corrected chi connectivity index (χ0v) is 20.3. The molecule has 1 aliphatic rings. The van der Waals surface area contributed by atoms with Gasteiger partial charge in [0.15, 0.2) is 5.78 Å². The van der Waals surface area contributed by atoms with Gasteiger partial charge in [-0.1, -0.05) is 71.8 Å². The van der Waals surface area contributed by atoms with E-state index in [1.165, 1.54) is 5.56 Å². The third-order valence-electron chi connectivity index (χ3n) is 6.52. The summed E-state index contributed by atoms with van der Waals surface area (Å²) in [5.41, 5.74) is 6.14. The summed E-state index contributed by atoms with van der Waals surface area (Å²) < 4.78 is 0. The summed E-state index contributed by atoms with van der Waals surface area (Å²) in [6.07, 6.45) is 2.74. The van der Waals surface area contributed by atoms with Crippen LogP contribution in [0.2, 0.25) is 5.02 Å². The summed E-state index contributed by atoms with van der Waals surface area (Å²) in [4.78, 5) is 31.4. The molecule has 176 valence electrons. The second kappa shape index (κ2) is 9.13. The molecule has 0 radical (unpaired) electrons. The molecule has 5 aromatic rings. The standard InChI is InChI=1S/C29H22ClN5O/c1-17-7-9-18(10-8-17)20-13-25-23(26(36)14-20)16-31-28(33-25)35-29-32-24-12-11-21(30)15-22(24)27(34-29)19-5-3-2-4-6-19/h2-12,15-16,20H,13-14H2,1H3,(H,31,32,33,34,35)/t20-/m1/s1. The molecule has 36 heavy (non-hydrogen) atoms. The van der Waals surface area contributed by atoms with Crippen LogP contribution in [0.15, 0.2) is 79.0 Å². The lowest BCUT2D eigenvalue weighted by Crippen LogP contribution is -2.21. The third kappa shape index (κ3) is 4.32. The van der Waals surface area contributed by atoms with Gasteiger partial charge in [0.1, 0.15) is 0 Å². The topological polar surface area (TPSA) is 80.7 Å². The summed E-state index contributed by atoms with van der Waals surface area (Å²) in [6.45, 7) is 2.06. The van der Waals surface area contributed by atoms with E-state index in [1.807, 2.05) is 48.5 Å². The first kappa shape index (κ1) is 22.3. The number of aryl methyl sites for hydroxylation is 1. The Balaban J connectivity index is 1.35. The molecule has 6 nitrogen and oxygen atoms in total. The maximum atomic E-state index is 12.8. The van der Waals surface area contributed by atoms with Crippen molar-refractivity contribution in [2.75, 3.05) is 5.32 Å². The Hall–Kier alpha value is -4.16. The normalized spacial score (nSPS) is 15.1. The van der Waals surface area contributed by atoms with Crippen molar-refractivity contribution in [2.24, 2.45) is 0 Å². The molecule has 1 aliphatic carbocycles. The van der Waals surface area contributed by atoms with Gasteiger partial charge >= 0.3 is 0 Å². The first-order chi connectivity index (χ1) is 17.5. The van der Waals surface area contributed by atoms with Crippen LogP contribution in [0.4, 0.5) is 11.9 Å². The molecule has 0 bridgehead atoms. The molecule has 0 spiro atoms. The van der Waals surface area contributed by atoms with Crippen LogP contribution in [-0.2, 0) is 6.42 Å². The highest BCUT2D eigenvalue weighted by molar-refractivity contribution is 6.31. The first-order valence-corrected chi connectivity index (χ1v) is 12.2. The number of nitrogens with one attached hydrogen (secondary N) is 1. The first-order valence-electron chi connectivity index (χ1n) is 11.8. The van der Waals surface area contributed by atoms with E-state index >= 15 is 0 Å². The molecule has 0 amide bonds. The van der Waals surface area contributed by atoms with Gasteiger partial charge in [-0.2, -0.15) is 0 Å². The van der Waals surface area contributed by atoms with Crippen molar-refractivity contribution >= 4 is 40.2 Å². The second-order valence-corrected chi connectivity index (χ2v) is 9.48. The molecule has 6 rings (SSSR count). The Kier molecular flexibility index (Phi) is 5.66. The van der Waals surface area contributed by atoms with E-state index in [4.69, 9.17) is 21.6 Å². The molecule has 2 heterocycles. The number of hydrogen-bond acceptors (Lipinski definition) is 6. The lowest BCUT2D eigenvalue weighted by atomic mass is 9.82. The largest absolute Gasteiger partial charge is 0.294 e. The molecular weight excluding hydrogens is 470 g/mol. The fourth-order valence-corrected chi connectivity index (χ4v) is 4.82. The maximum Gasteiger partial charge on any atom is 0.230 e. The van der Waals surface area contributed by atoms with Gasteiger partial charge in [0, 0.05) is 28.6 Å². The molecule has 0 saturated heterocycles. The average Bonchev–Trinajstić information content (AvgIpc) is 2.89. The van der Waals surface area contributed by atoms with Gasteiger partial charge in [-0.3, -0.25) is 10.1 Å². The van der Waals surface area contributed by atoms with Gasteiger partial charge in [0.2, 0.25) is 11.9 Å². The number of carbonyl (C=O) groups excluding carboxylic acids is 1. The molecule has 0 aliphatic heterocycles. The number of halogens is 1. The average molecular weight is 492 g/mol. The van der Waals surface area contributed by atoms with Gasteiger partial charge in [-0.05, 0) is 43.0 Å². The van der Waals surface area contributed by atoms with Crippen molar-refractivity contribution in [1.29, 1.82) is 0 Å². The summed E-state index contributed by atoms with van der Waals surface area (Å²) in [6, 6.07) is 23.8. The predicted molar refractivity (Wildman–Crippen MR) is 142 cm³/mol. The fourth-order valence-electron chi connectivity index (χ4n) is 4.65. The lowest BCUT2D eigenvalue weighted by Gasteiger charge is -2.23. The number of nitrogens with zero attached hydrogens (tertiary/aromatic N) is 4. The Bertz CT molecular complexity index is 1600. The minimum atomic E-state index is 0.0681. The van der Waals surface area contributed by atoms with Crippen molar-refractivity contribution in [3.8, 4) is 11.3 Å². The van der Waals surface area contributed by atoms with Crippen molar-refractivity contribution < 1.29 is 4.79 Å². The smallest absolute Gasteiger partial charge is 0.230 e. The van der Waals surface area contributed by atoms with Crippen LogP contribution in [0.5, 0.6) is 0 Å². The number of anilines is 2. The molecule has 0 unspecified atom stereocenters. The van der Waals surface area contributed by atoms with Crippen LogP contribution in [0.25, 0.3) is 22.2 Å². The van der Waals surface area contributed by atoms with Crippen molar-refractivity contribution in [2.45, 2.75) is 25.7 Å². The zero-order valence-electron chi connectivity index (χ0n) is 19.6. The molecule has 3 aromatic carbocycles. The van der Waals surface area contributed by atoms with Gasteiger partial charge in [-0.25, -0.2) is 19.9 Å². The Morgan fingerprint density at radius 3 is 2.50 bits per heavy atom. The van der Waals surface area contributed by atoms with Crippen LogP contribution >= 0.6 is 11.6 Å². The fraction of sp³-hybridized carbons (Fsp3) is 0.138. The molecule has 7 heteroatoms. The maximum absolute atomic E-state index is 12.8. The number of hydrogen-bond donors (Lipinski definition) is 1. The van der Waals surface area contributed by atoms with Crippen molar-refractivity contribution in [3.63, 3.8) is 0 Å². The van der Waals surface area contributed by atoms with Crippen LogP contribution in [-0.4, -0.2) is 25.7 Å². The summed E-state index contributed by atoms with van der Waals surface area (Å²) in [5, 5.41) is 4.64. The van der Waals surface area contributed by atoms with Crippen LogP contribution in [0.3, 0.4) is 0 Å². The highest BCUT2D eigenvalue weighted by Gasteiger charge is 2.28. The van der Waals surface area contributed by atoms with E-state index in [2.05, 4.69) is 46.5 Å². The number of rotatable bonds is 4. The number of carbonyl (C=O) groups is 1. The van der Waals surface area contributed by atoms with Crippen LogP contribution in [0.1, 0.15) is 39.5 Å². The third-order valence-corrected chi connectivity index (χ3v) is 6.75. The minimum Gasteiger partial charge on any atom is -0.294 e. The van der Waals surface area contributed by atoms with E-state index in [0.29, 0.717) is 35.3 Å². The predicted octanol–water partition coefficient (Wildman–Crippen LogP) is 6.70. The minimum absolute atomic E-state index is 0.0681. The molecule has 1 atom stereocenters. The van der Waals surface area contributed by atoms with Crippen molar-refractivity contribution in [1.82, 2.24) is 19.9 Å². The van der Waals surface area contributed by atoms with E-state index in [-0.39, 0.29) is 11.7 Å². The van der Waals surface area contributed by atoms with E-state index in [1.54, 1.807) is 6.20 Å². The number of ketones is 1. The number of fused-ring (bicyclic) bond motifs is 2. The Morgan fingerprint density at radius 2 is 1.69 bits per heavy atom. The highest BCUT2D eigenvalue weighted by Crippen LogP contribution is 2.33. The second-order valence-electron chi connectivity index (χ2n) is 9.04. The molecular formula is C29H22ClN5O. The number of benzene rings is 3. The summed E-state index contributed by atoms with van der Waals surface area (Å²) in [7, 11) is 0. The van der Waals surface area contributed by atoms with Crippen LogP contribution in [0, 0.1) is 6.92 Å². The summed E-state index contributed by atoms with van der Waals surface area (Å²) in [5.74, 6) is 0.901. The number of Topliss-reactive ketones (excluding diaryl/α,β-unsaturated/α-hetero) is 1. The SMILES string of the molecule is Cc1ccc([C@H]2CC(=O)c3cnc(Nc4nc(-c5ccccc5)c5cc(Cl)ccc5n4)nc3C2)cc1. The Morgan fingerprint density at radius 1 is 0.889 bits per heavy atom. The summed E-state index contributed by atoms with van der Waals surface area (Å²) >= 11 is 6.27. The highest BCUT2D eigenvalue weighted by atomic mass is 35.5. The van der Waals surface area contributed by atoms with Gasteiger partial charge < -0.3 is 0 Å². The zero-order chi connectivity index (χ0) is 24.6. The van der Waals surface area contributed by atoms with E-state index < -0.39 is 0 Å². The van der Waals surface area contributed by atoms with E-state index in [9.17, 15) is 4.79 Å². The monoisotopic (exact) mass is 491 g/mol. The molecule has 2 aromatic heterocycles. The number of aromatic nitrogens is 4. The Labute approximate surface area is 213 Å². The quantitative estimate of drug-likeness (QED) is 0.301. The van der Waals surface area contributed by atoms with Gasteiger partial charge in [-0.15, -0.1) is 0 Å². The molecule has 0 fully saturated rings. The van der Waals surface area contributed by atoms with Crippen molar-refractivity contribution in [3.05, 3.63) is 106 Å². The lowest BCUT2D eigenvalue weighted by molar-refractivity contribution is 0.0962. The molecule has 0 saturated carbocycles. The van der Waals surface area contributed by atoms with Gasteiger partial charge in [0.25, 0.3) is 0 Å². The van der Waals surface area contributed by atoms with E-state index in [0.717, 1.165) is 33.4 Å². The molecule has 1 N–H and O–H groups in total. The van der Waals surface area contributed by atoms with Crippen LogP contribution < -0.4 is 5.32 Å².